The van der Waals surface area contributed by atoms with E-state index in [4.69, 9.17) is 0 Å². The highest BCUT2D eigenvalue weighted by Crippen LogP contribution is 2.48. The first-order chi connectivity index (χ1) is 10.8. The van der Waals surface area contributed by atoms with Crippen molar-refractivity contribution in [1.29, 1.82) is 5.26 Å². The number of hydrogen-bond acceptors (Lipinski definition) is 3. The van der Waals surface area contributed by atoms with Gasteiger partial charge in [-0.2, -0.15) is 5.26 Å². The van der Waals surface area contributed by atoms with Crippen LogP contribution in [0, 0.1) is 17.2 Å². The summed E-state index contributed by atoms with van der Waals surface area (Å²) in [6.45, 7) is 0. The van der Waals surface area contributed by atoms with E-state index in [-0.39, 0.29) is 11.8 Å². The van der Waals surface area contributed by atoms with E-state index in [9.17, 15) is 10.1 Å². The SMILES string of the molecule is N#Cc1c(NC(=O)C2CC2c2ccccc2)sc2c1CCC2. The van der Waals surface area contributed by atoms with Crippen LogP contribution in [0.25, 0.3) is 0 Å². The Morgan fingerprint density at radius 3 is 2.86 bits per heavy atom. The van der Waals surface area contributed by atoms with Crippen molar-refractivity contribution in [2.24, 2.45) is 5.92 Å². The number of aryl methyl sites for hydroxylation is 1. The lowest BCUT2D eigenvalue weighted by Crippen LogP contribution is -2.14. The van der Waals surface area contributed by atoms with E-state index in [1.807, 2.05) is 18.2 Å². The summed E-state index contributed by atoms with van der Waals surface area (Å²) in [5, 5.41) is 13.1. The maximum Gasteiger partial charge on any atom is 0.228 e. The largest absolute Gasteiger partial charge is 0.316 e. The van der Waals surface area contributed by atoms with Crippen LogP contribution >= 0.6 is 11.3 Å². The molecule has 1 saturated carbocycles. The first-order valence-electron chi connectivity index (χ1n) is 7.68. The molecule has 0 spiro atoms. The zero-order chi connectivity index (χ0) is 15.1. The molecule has 4 rings (SSSR count). The van der Waals surface area contributed by atoms with Crippen LogP contribution in [0.1, 0.15) is 40.3 Å². The predicted molar refractivity (Wildman–Crippen MR) is 87.0 cm³/mol. The van der Waals surface area contributed by atoms with Crippen LogP contribution in [-0.2, 0) is 17.6 Å². The van der Waals surface area contributed by atoms with Crippen molar-refractivity contribution < 1.29 is 4.79 Å². The molecule has 1 N–H and O–H groups in total. The van der Waals surface area contributed by atoms with Gasteiger partial charge in [-0.25, -0.2) is 0 Å². The van der Waals surface area contributed by atoms with Crippen LogP contribution in [0.3, 0.4) is 0 Å². The van der Waals surface area contributed by atoms with Gasteiger partial charge in [-0.3, -0.25) is 4.79 Å². The van der Waals surface area contributed by atoms with Crippen LogP contribution in [0.4, 0.5) is 5.00 Å². The van der Waals surface area contributed by atoms with E-state index in [2.05, 4.69) is 23.5 Å². The van der Waals surface area contributed by atoms with Crippen molar-refractivity contribution in [3.05, 3.63) is 51.9 Å². The average Bonchev–Trinajstić information content (AvgIpc) is 3.11. The van der Waals surface area contributed by atoms with Gasteiger partial charge in [0, 0.05) is 10.8 Å². The second kappa shape index (κ2) is 5.26. The van der Waals surface area contributed by atoms with Gasteiger partial charge in [-0.15, -0.1) is 11.3 Å². The third-order valence-corrected chi connectivity index (χ3v) is 5.83. The maximum absolute atomic E-state index is 12.4. The number of nitriles is 1. The molecule has 2 aliphatic carbocycles. The zero-order valence-electron chi connectivity index (χ0n) is 12.1. The fourth-order valence-corrected chi connectivity index (χ4v) is 4.61. The third kappa shape index (κ3) is 2.22. The van der Waals surface area contributed by atoms with E-state index in [1.165, 1.54) is 16.0 Å². The minimum Gasteiger partial charge on any atom is -0.316 e. The second-order valence-electron chi connectivity index (χ2n) is 6.02. The van der Waals surface area contributed by atoms with Crippen molar-refractivity contribution in [2.75, 3.05) is 5.32 Å². The van der Waals surface area contributed by atoms with E-state index >= 15 is 0 Å². The lowest BCUT2D eigenvalue weighted by Gasteiger charge is -2.04. The topological polar surface area (TPSA) is 52.9 Å². The Hall–Kier alpha value is -2.12. The molecule has 2 unspecified atom stereocenters. The molecule has 0 radical (unpaired) electrons. The molecule has 1 aromatic carbocycles. The van der Waals surface area contributed by atoms with Crippen LogP contribution < -0.4 is 5.32 Å². The van der Waals surface area contributed by atoms with Gasteiger partial charge >= 0.3 is 0 Å². The molecule has 110 valence electrons. The Bertz CT molecular complexity index is 772. The number of benzene rings is 1. The zero-order valence-corrected chi connectivity index (χ0v) is 13.0. The van der Waals surface area contributed by atoms with Crippen molar-refractivity contribution >= 4 is 22.2 Å². The fourth-order valence-electron chi connectivity index (χ4n) is 3.37. The molecule has 2 atom stereocenters. The molecule has 3 nitrogen and oxygen atoms in total. The van der Waals surface area contributed by atoms with Gasteiger partial charge in [0.25, 0.3) is 0 Å². The van der Waals surface area contributed by atoms with E-state index < -0.39 is 0 Å². The Kier molecular flexibility index (Phi) is 3.24. The average molecular weight is 308 g/mol. The molecule has 1 heterocycles. The van der Waals surface area contributed by atoms with Gasteiger partial charge < -0.3 is 5.32 Å². The number of thiophene rings is 1. The highest BCUT2D eigenvalue weighted by Gasteiger charge is 2.44. The standard InChI is InChI=1S/C18H16N2OS/c19-10-15-12-7-4-8-16(12)22-18(15)20-17(21)14-9-13(14)11-5-2-1-3-6-11/h1-3,5-6,13-14H,4,7-9H2,(H,20,21). The number of fused-ring (bicyclic) bond motifs is 1. The van der Waals surface area contributed by atoms with Gasteiger partial charge in [0.1, 0.15) is 11.1 Å². The van der Waals surface area contributed by atoms with Crippen LogP contribution in [-0.4, -0.2) is 5.91 Å². The van der Waals surface area contributed by atoms with Crippen molar-refractivity contribution in [1.82, 2.24) is 0 Å². The Labute approximate surface area is 133 Å². The van der Waals surface area contributed by atoms with Gasteiger partial charge in [-0.1, -0.05) is 30.3 Å². The van der Waals surface area contributed by atoms with Crippen molar-refractivity contribution in [3.63, 3.8) is 0 Å². The molecule has 0 bridgehead atoms. The Morgan fingerprint density at radius 1 is 1.27 bits per heavy atom. The molecule has 1 amide bonds. The highest BCUT2D eigenvalue weighted by molar-refractivity contribution is 7.16. The molecule has 1 fully saturated rings. The molecular weight excluding hydrogens is 292 g/mol. The molecule has 2 aromatic rings. The number of hydrogen-bond donors (Lipinski definition) is 1. The van der Waals surface area contributed by atoms with E-state index in [0.717, 1.165) is 30.7 Å². The lowest BCUT2D eigenvalue weighted by atomic mass is 10.1. The number of carbonyl (C=O) groups excluding carboxylic acids is 1. The molecule has 22 heavy (non-hydrogen) atoms. The van der Waals surface area contributed by atoms with Crippen LogP contribution in [0.2, 0.25) is 0 Å². The molecule has 0 aliphatic heterocycles. The summed E-state index contributed by atoms with van der Waals surface area (Å²) in [4.78, 5) is 13.7. The summed E-state index contributed by atoms with van der Waals surface area (Å²) in [7, 11) is 0. The van der Waals surface area contributed by atoms with Crippen LogP contribution in [0.5, 0.6) is 0 Å². The smallest absolute Gasteiger partial charge is 0.228 e. The minimum absolute atomic E-state index is 0.0471. The number of amides is 1. The number of carbonyl (C=O) groups is 1. The summed E-state index contributed by atoms with van der Waals surface area (Å²) in [5.41, 5.74) is 3.10. The molecule has 4 heteroatoms. The molecular formula is C18H16N2OS. The number of anilines is 1. The second-order valence-corrected chi connectivity index (χ2v) is 7.13. The quantitative estimate of drug-likeness (QED) is 0.936. The summed E-state index contributed by atoms with van der Waals surface area (Å²) >= 11 is 1.59. The Morgan fingerprint density at radius 2 is 2.09 bits per heavy atom. The normalized spacial score (nSPS) is 22.0. The highest BCUT2D eigenvalue weighted by atomic mass is 32.1. The van der Waals surface area contributed by atoms with Gasteiger partial charge in [0.2, 0.25) is 5.91 Å². The van der Waals surface area contributed by atoms with Gasteiger partial charge in [0.05, 0.1) is 5.56 Å². The van der Waals surface area contributed by atoms with E-state index in [0.29, 0.717) is 11.5 Å². The maximum atomic E-state index is 12.4. The first kappa shape index (κ1) is 13.5. The minimum atomic E-state index is 0.0471. The summed E-state index contributed by atoms with van der Waals surface area (Å²) in [6, 6.07) is 12.5. The molecule has 0 saturated heterocycles. The number of nitrogens with one attached hydrogen (secondary N) is 1. The third-order valence-electron chi connectivity index (χ3n) is 4.62. The lowest BCUT2D eigenvalue weighted by molar-refractivity contribution is -0.117. The summed E-state index contributed by atoms with van der Waals surface area (Å²) in [5.74, 6) is 0.440. The van der Waals surface area contributed by atoms with Gasteiger partial charge in [0.15, 0.2) is 0 Å². The van der Waals surface area contributed by atoms with Gasteiger partial charge in [-0.05, 0) is 42.7 Å². The summed E-state index contributed by atoms with van der Waals surface area (Å²) in [6.07, 6.45) is 4.05. The monoisotopic (exact) mass is 308 g/mol. The number of nitrogens with zero attached hydrogens (tertiary/aromatic N) is 1. The summed E-state index contributed by atoms with van der Waals surface area (Å²) < 4.78 is 0. The van der Waals surface area contributed by atoms with E-state index in [1.54, 1.807) is 11.3 Å². The van der Waals surface area contributed by atoms with Crippen molar-refractivity contribution in [3.8, 4) is 6.07 Å². The van der Waals surface area contributed by atoms with Crippen LogP contribution in [0.15, 0.2) is 30.3 Å². The van der Waals surface area contributed by atoms with Crippen molar-refractivity contribution in [2.45, 2.75) is 31.6 Å². The Balaban J connectivity index is 1.49. The fraction of sp³-hybridized carbons (Fsp3) is 0.333. The number of rotatable bonds is 3. The molecule has 2 aliphatic rings. The molecule has 1 aromatic heterocycles. The first-order valence-corrected chi connectivity index (χ1v) is 8.50. The predicted octanol–water partition coefficient (Wildman–Crippen LogP) is 3.85.